The number of rotatable bonds is 8. The summed E-state index contributed by atoms with van der Waals surface area (Å²) >= 11 is 0. The van der Waals surface area contributed by atoms with Gasteiger partial charge in [-0.25, -0.2) is 22.0 Å². The zero-order chi connectivity index (χ0) is 24.4. The Balaban J connectivity index is 2.58. The Morgan fingerprint density at radius 2 is 1.41 bits per heavy atom. The molecule has 2 aromatic carbocycles. The smallest absolute Gasteiger partial charge is 0.200 e. The normalized spacial score (nSPS) is 14.2. The molecular formula is C24H30F5O2P. The number of halogens is 5. The van der Waals surface area contributed by atoms with Crippen LogP contribution in [0.15, 0.2) is 12.1 Å². The maximum absolute atomic E-state index is 14.3. The average Bonchev–Trinajstić information content (AvgIpc) is 2.74. The summed E-state index contributed by atoms with van der Waals surface area (Å²) in [6, 6.07) is 4.03. The van der Waals surface area contributed by atoms with Crippen molar-refractivity contribution in [1.82, 2.24) is 0 Å². The third kappa shape index (κ3) is 5.26. The maximum atomic E-state index is 14.3. The molecular weight excluding hydrogens is 446 g/mol. The molecule has 0 radical (unpaired) electrons. The summed E-state index contributed by atoms with van der Waals surface area (Å²) in [5, 5.41) is -0.774. The second-order valence-corrected chi connectivity index (χ2v) is 10.4. The Kier molecular flexibility index (Phi) is 8.33. The molecule has 0 amide bonds. The molecule has 2 atom stereocenters. The molecule has 32 heavy (non-hydrogen) atoms. The lowest BCUT2D eigenvalue weighted by atomic mass is 9.76. The molecule has 1 unspecified atom stereocenters. The lowest BCUT2D eigenvalue weighted by Crippen LogP contribution is -2.28. The third-order valence-electron chi connectivity index (χ3n) is 5.76. The van der Waals surface area contributed by atoms with E-state index < -0.39 is 48.4 Å². The Morgan fingerprint density at radius 3 is 1.88 bits per heavy atom. The van der Waals surface area contributed by atoms with Crippen molar-refractivity contribution in [3.05, 3.63) is 57.9 Å². The number of hydrogen-bond donors (Lipinski definition) is 0. The van der Waals surface area contributed by atoms with E-state index >= 15 is 0 Å². The molecule has 0 aliphatic carbocycles. The lowest BCUT2D eigenvalue weighted by molar-refractivity contribution is 0.0491. The van der Waals surface area contributed by atoms with E-state index in [4.69, 9.17) is 9.47 Å². The van der Waals surface area contributed by atoms with Gasteiger partial charge in [0.05, 0.1) is 5.30 Å². The minimum absolute atomic E-state index is 0.0163. The first kappa shape index (κ1) is 26.5. The first-order chi connectivity index (χ1) is 14.8. The first-order valence-corrected chi connectivity index (χ1v) is 11.5. The van der Waals surface area contributed by atoms with E-state index in [1.54, 1.807) is 0 Å². The minimum Gasteiger partial charge on any atom is -0.467 e. The SMILES string of the molecule is CC[C@](C)(CPc1c(F)c(F)c(F)c(F)c1F)c1cc(C(C)(C)C)cc(C)c1OCOC. The fourth-order valence-electron chi connectivity index (χ4n) is 3.42. The van der Waals surface area contributed by atoms with Crippen LogP contribution in [0.25, 0.3) is 0 Å². The standard InChI is InChI=1S/C24H30F5O2P/c1-8-24(6,11-32-22-19(28)17(26)16(25)18(27)20(22)29)15-10-14(23(3,4)5)9-13(2)21(15)31-12-30-7/h9-10,32H,8,11-12H2,1-7H3/t24-/m1/s1. The molecule has 2 nitrogen and oxygen atoms in total. The van der Waals surface area contributed by atoms with E-state index in [0.29, 0.717) is 12.2 Å². The average molecular weight is 476 g/mol. The Bertz CT molecular complexity index is 959. The van der Waals surface area contributed by atoms with Crippen LogP contribution >= 0.6 is 8.58 Å². The summed E-state index contributed by atoms with van der Waals surface area (Å²) in [5.74, 6) is -8.91. The Morgan fingerprint density at radius 1 is 0.875 bits per heavy atom. The maximum Gasteiger partial charge on any atom is 0.200 e. The van der Waals surface area contributed by atoms with Gasteiger partial charge in [-0.3, -0.25) is 0 Å². The number of aryl methyl sites for hydroxylation is 1. The molecule has 0 bridgehead atoms. The highest BCUT2D eigenvalue weighted by atomic mass is 31.1. The first-order valence-electron chi connectivity index (χ1n) is 10.3. The van der Waals surface area contributed by atoms with Gasteiger partial charge >= 0.3 is 0 Å². The van der Waals surface area contributed by atoms with E-state index in [0.717, 1.165) is 16.7 Å². The van der Waals surface area contributed by atoms with Crippen molar-refractivity contribution in [1.29, 1.82) is 0 Å². The topological polar surface area (TPSA) is 18.5 Å². The molecule has 0 saturated carbocycles. The van der Waals surface area contributed by atoms with Crippen molar-refractivity contribution >= 4 is 13.9 Å². The van der Waals surface area contributed by atoms with Crippen LogP contribution in [-0.2, 0) is 15.6 Å². The van der Waals surface area contributed by atoms with Gasteiger partial charge in [-0.2, -0.15) is 0 Å². The molecule has 0 aromatic heterocycles. The zero-order valence-electron chi connectivity index (χ0n) is 19.5. The van der Waals surface area contributed by atoms with E-state index in [2.05, 4.69) is 20.8 Å². The van der Waals surface area contributed by atoms with Gasteiger partial charge in [0, 0.05) is 12.7 Å². The van der Waals surface area contributed by atoms with Crippen LogP contribution in [0.2, 0.25) is 0 Å². The predicted octanol–water partition coefficient (Wildman–Crippen LogP) is 6.64. The Labute approximate surface area is 188 Å². The van der Waals surface area contributed by atoms with E-state index in [1.807, 2.05) is 32.9 Å². The molecule has 2 aromatic rings. The molecule has 178 valence electrons. The molecule has 8 heteroatoms. The second kappa shape index (κ2) is 10.0. The van der Waals surface area contributed by atoms with Gasteiger partial charge in [-0.05, 0) is 41.5 Å². The summed E-state index contributed by atoms with van der Waals surface area (Å²) < 4.78 is 80.2. The van der Waals surface area contributed by atoms with Gasteiger partial charge in [0.15, 0.2) is 30.1 Å². The highest BCUT2D eigenvalue weighted by Gasteiger charge is 2.33. The molecule has 0 heterocycles. The van der Waals surface area contributed by atoms with Gasteiger partial charge in [0.1, 0.15) is 5.75 Å². The van der Waals surface area contributed by atoms with Gasteiger partial charge < -0.3 is 9.47 Å². The van der Waals surface area contributed by atoms with E-state index in [-0.39, 0.29) is 18.4 Å². The van der Waals surface area contributed by atoms with Crippen LogP contribution in [0.3, 0.4) is 0 Å². The van der Waals surface area contributed by atoms with Crippen LogP contribution in [-0.4, -0.2) is 20.1 Å². The van der Waals surface area contributed by atoms with Crippen molar-refractivity contribution in [2.45, 2.75) is 58.8 Å². The van der Waals surface area contributed by atoms with Crippen molar-refractivity contribution in [3.63, 3.8) is 0 Å². The van der Waals surface area contributed by atoms with E-state index in [1.165, 1.54) is 7.11 Å². The molecule has 0 aliphatic rings. The quantitative estimate of drug-likeness (QED) is 0.140. The Hall–Kier alpha value is -1.72. The fraction of sp³-hybridized carbons (Fsp3) is 0.500. The minimum atomic E-state index is -2.14. The van der Waals surface area contributed by atoms with Gasteiger partial charge in [-0.1, -0.05) is 55.3 Å². The van der Waals surface area contributed by atoms with Crippen LogP contribution in [0.4, 0.5) is 22.0 Å². The summed E-state index contributed by atoms with van der Waals surface area (Å²) in [4.78, 5) is 0. The van der Waals surface area contributed by atoms with Crippen molar-refractivity contribution < 1.29 is 31.4 Å². The number of ether oxygens (including phenoxy) is 2. The molecule has 2 rings (SSSR count). The fourth-order valence-corrected chi connectivity index (χ4v) is 4.96. The highest BCUT2D eigenvalue weighted by molar-refractivity contribution is 7.47. The molecule has 0 N–H and O–H groups in total. The van der Waals surface area contributed by atoms with Crippen molar-refractivity contribution in [2.75, 3.05) is 20.1 Å². The van der Waals surface area contributed by atoms with Crippen LogP contribution in [0, 0.1) is 36.0 Å². The summed E-state index contributed by atoms with van der Waals surface area (Å²) in [6.07, 6.45) is 0.740. The number of methoxy groups -OCH3 is 1. The predicted molar refractivity (Wildman–Crippen MR) is 119 cm³/mol. The summed E-state index contributed by atoms with van der Waals surface area (Å²) in [7, 11) is 0.873. The third-order valence-corrected chi connectivity index (χ3v) is 7.51. The monoisotopic (exact) mass is 476 g/mol. The summed E-state index contributed by atoms with van der Waals surface area (Å²) in [5.41, 5.74) is 1.93. The largest absolute Gasteiger partial charge is 0.467 e. The molecule has 0 spiro atoms. The van der Waals surface area contributed by atoms with Crippen molar-refractivity contribution in [2.24, 2.45) is 0 Å². The molecule has 0 saturated heterocycles. The van der Waals surface area contributed by atoms with E-state index in [9.17, 15) is 22.0 Å². The summed E-state index contributed by atoms with van der Waals surface area (Å²) in [6.45, 7) is 12.0. The highest BCUT2D eigenvalue weighted by Crippen LogP contribution is 2.43. The van der Waals surface area contributed by atoms with Crippen LogP contribution in [0.1, 0.15) is 57.7 Å². The van der Waals surface area contributed by atoms with Crippen LogP contribution in [0.5, 0.6) is 5.75 Å². The lowest BCUT2D eigenvalue weighted by Gasteiger charge is -2.33. The number of hydrogen-bond acceptors (Lipinski definition) is 2. The molecule has 0 aliphatic heterocycles. The molecule has 0 fully saturated rings. The van der Waals surface area contributed by atoms with Crippen LogP contribution < -0.4 is 10.0 Å². The van der Waals surface area contributed by atoms with Gasteiger partial charge in [0.25, 0.3) is 0 Å². The van der Waals surface area contributed by atoms with Crippen molar-refractivity contribution in [3.8, 4) is 5.75 Å². The van der Waals surface area contributed by atoms with Gasteiger partial charge in [-0.15, -0.1) is 0 Å². The van der Waals surface area contributed by atoms with Gasteiger partial charge in [0.2, 0.25) is 5.82 Å². The zero-order valence-corrected chi connectivity index (χ0v) is 20.5. The second-order valence-electron chi connectivity index (χ2n) is 9.18. The number of benzene rings is 2.